The standard InChI is InChI=1S/C19H28N2O4S/c1-13(2)12-16(18(23)21-15(10-11-26)19(24)25)20-17(22)9-8-14-6-4-3-5-7-14/h3-7,13,15-16,26H,8-12H2,1-2H3,(H,20,22)(H,21,23)(H,24,25)/t15-,16+/m1/s1. The Morgan fingerprint density at radius 1 is 1.08 bits per heavy atom. The van der Waals surface area contributed by atoms with E-state index in [0.29, 0.717) is 18.6 Å². The van der Waals surface area contributed by atoms with Crippen molar-refractivity contribution in [1.29, 1.82) is 0 Å². The number of carboxylic acids is 1. The van der Waals surface area contributed by atoms with E-state index in [4.69, 9.17) is 0 Å². The molecule has 0 saturated heterocycles. The number of nitrogens with one attached hydrogen (secondary N) is 2. The molecule has 6 nitrogen and oxygen atoms in total. The number of benzene rings is 1. The smallest absolute Gasteiger partial charge is 0.326 e. The second kappa shape index (κ2) is 11.6. The summed E-state index contributed by atoms with van der Waals surface area (Å²) in [7, 11) is 0. The predicted octanol–water partition coefficient (Wildman–Crippen LogP) is 2.04. The van der Waals surface area contributed by atoms with Crippen molar-refractivity contribution in [2.24, 2.45) is 5.92 Å². The molecule has 0 fully saturated rings. The number of aliphatic carboxylic acids is 1. The van der Waals surface area contributed by atoms with Gasteiger partial charge in [0.1, 0.15) is 12.1 Å². The van der Waals surface area contributed by atoms with Crippen molar-refractivity contribution in [1.82, 2.24) is 10.6 Å². The summed E-state index contributed by atoms with van der Waals surface area (Å²) in [6.07, 6.45) is 1.52. The molecule has 0 aliphatic heterocycles. The van der Waals surface area contributed by atoms with Crippen LogP contribution in [0.4, 0.5) is 0 Å². The summed E-state index contributed by atoms with van der Waals surface area (Å²) in [6.45, 7) is 3.89. The molecule has 1 aromatic carbocycles. The van der Waals surface area contributed by atoms with Crippen molar-refractivity contribution in [2.45, 2.75) is 51.6 Å². The topological polar surface area (TPSA) is 95.5 Å². The van der Waals surface area contributed by atoms with Gasteiger partial charge in [-0.25, -0.2) is 4.79 Å². The second-order valence-corrected chi connectivity index (χ2v) is 7.09. The highest BCUT2D eigenvalue weighted by molar-refractivity contribution is 7.80. The van der Waals surface area contributed by atoms with E-state index < -0.39 is 24.0 Å². The minimum absolute atomic E-state index is 0.174. The summed E-state index contributed by atoms with van der Waals surface area (Å²) in [6, 6.07) is 7.87. The summed E-state index contributed by atoms with van der Waals surface area (Å²) in [5, 5.41) is 14.4. The average Bonchev–Trinajstić information content (AvgIpc) is 2.59. The summed E-state index contributed by atoms with van der Waals surface area (Å²) < 4.78 is 0. The molecule has 0 saturated carbocycles. The van der Waals surface area contributed by atoms with Crippen LogP contribution < -0.4 is 10.6 Å². The van der Waals surface area contributed by atoms with Crippen LogP contribution in [0, 0.1) is 5.92 Å². The van der Waals surface area contributed by atoms with Gasteiger partial charge in [0.2, 0.25) is 11.8 Å². The van der Waals surface area contributed by atoms with Crippen LogP contribution in [-0.2, 0) is 20.8 Å². The first-order valence-corrected chi connectivity index (χ1v) is 9.44. The van der Waals surface area contributed by atoms with Gasteiger partial charge < -0.3 is 15.7 Å². The first kappa shape index (κ1) is 22.0. The van der Waals surface area contributed by atoms with E-state index in [1.807, 2.05) is 44.2 Å². The fourth-order valence-electron chi connectivity index (χ4n) is 2.53. The van der Waals surface area contributed by atoms with Gasteiger partial charge in [0.05, 0.1) is 0 Å². The number of amides is 2. The van der Waals surface area contributed by atoms with E-state index in [1.54, 1.807) is 0 Å². The summed E-state index contributed by atoms with van der Waals surface area (Å²) in [5.74, 6) is -1.29. The summed E-state index contributed by atoms with van der Waals surface area (Å²) in [5.41, 5.74) is 1.05. The maximum atomic E-state index is 12.5. The van der Waals surface area contributed by atoms with Gasteiger partial charge in [-0.3, -0.25) is 9.59 Å². The van der Waals surface area contributed by atoms with Crippen LogP contribution in [0.3, 0.4) is 0 Å². The monoisotopic (exact) mass is 380 g/mol. The van der Waals surface area contributed by atoms with E-state index in [0.717, 1.165) is 5.56 Å². The molecule has 26 heavy (non-hydrogen) atoms. The molecular formula is C19H28N2O4S. The van der Waals surface area contributed by atoms with Crippen molar-refractivity contribution in [3.63, 3.8) is 0 Å². The highest BCUT2D eigenvalue weighted by Gasteiger charge is 2.26. The Balaban J connectivity index is 2.65. The molecule has 7 heteroatoms. The van der Waals surface area contributed by atoms with Crippen molar-refractivity contribution in [2.75, 3.05) is 5.75 Å². The second-order valence-electron chi connectivity index (χ2n) is 6.65. The van der Waals surface area contributed by atoms with Crippen molar-refractivity contribution in [3.05, 3.63) is 35.9 Å². The number of carbonyl (C=O) groups excluding carboxylic acids is 2. The fraction of sp³-hybridized carbons (Fsp3) is 0.526. The molecule has 1 rings (SSSR count). The number of carbonyl (C=O) groups is 3. The van der Waals surface area contributed by atoms with Gasteiger partial charge in [-0.2, -0.15) is 12.6 Å². The average molecular weight is 381 g/mol. The van der Waals surface area contributed by atoms with Gasteiger partial charge in [0.15, 0.2) is 0 Å². The lowest BCUT2D eigenvalue weighted by molar-refractivity contribution is -0.142. The Kier molecular flexibility index (Phi) is 9.80. The minimum Gasteiger partial charge on any atom is -0.480 e. The molecule has 1 aromatic rings. The molecule has 0 heterocycles. The van der Waals surface area contributed by atoms with E-state index in [1.165, 1.54) is 0 Å². The van der Waals surface area contributed by atoms with Gasteiger partial charge >= 0.3 is 5.97 Å². The normalized spacial score (nSPS) is 13.1. The molecule has 144 valence electrons. The highest BCUT2D eigenvalue weighted by Crippen LogP contribution is 2.08. The molecule has 0 aromatic heterocycles. The predicted molar refractivity (Wildman–Crippen MR) is 104 cm³/mol. The number of hydrogen-bond acceptors (Lipinski definition) is 4. The first-order valence-electron chi connectivity index (χ1n) is 8.80. The maximum Gasteiger partial charge on any atom is 0.326 e. The highest BCUT2D eigenvalue weighted by atomic mass is 32.1. The Bertz CT molecular complexity index is 592. The Labute approximate surface area is 160 Å². The van der Waals surface area contributed by atoms with E-state index in [2.05, 4.69) is 23.3 Å². The zero-order chi connectivity index (χ0) is 19.5. The van der Waals surface area contributed by atoms with Gasteiger partial charge in [0.25, 0.3) is 0 Å². The van der Waals surface area contributed by atoms with E-state index in [-0.39, 0.29) is 24.7 Å². The van der Waals surface area contributed by atoms with Crippen LogP contribution in [0.1, 0.15) is 38.7 Å². The molecule has 2 amide bonds. The quantitative estimate of drug-likeness (QED) is 0.442. The number of aryl methyl sites for hydroxylation is 1. The lowest BCUT2D eigenvalue weighted by atomic mass is 10.0. The van der Waals surface area contributed by atoms with E-state index in [9.17, 15) is 19.5 Å². The van der Waals surface area contributed by atoms with Crippen molar-refractivity contribution < 1.29 is 19.5 Å². The molecule has 0 bridgehead atoms. The SMILES string of the molecule is CC(C)C[C@H](NC(=O)CCc1ccccc1)C(=O)N[C@H](CCS)C(=O)O. The molecule has 2 atom stereocenters. The molecule has 3 N–H and O–H groups in total. The minimum atomic E-state index is -1.11. The lowest BCUT2D eigenvalue weighted by Crippen LogP contribution is -2.52. The Morgan fingerprint density at radius 2 is 1.73 bits per heavy atom. The Hall–Kier alpha value is -2.02. The third-order valence-electron chi connectivity index (χ3n) is 3.87. The van der Waals surface area contributed by atoms with Crippen LogP contribution in [0.15, 0.2) is 30.3 Å². The van der Waals surface area contributed by atoms with E-state index >= 15 is 0 Å². The fourth-order valence-corrected chi connectivity index (χ4v) is 2.79. The zero-order valence-electron chi connectivity index (χ0n) is 15.3. The van der Waals surface area contributed by atoms with Crippen LogP contribution in [0.2, 0.25) is 0 Å². The van der Waals surface area contributed by atoms with Gasteiger partial charge in [-0.05, 0) is 36.5 Å². The zero-order valence-corrected chi connectivity index (χ0v) is 16.2. The van der Waals surface area contributed by atoms with Gasteiger partial charge in [0, 0.05) is 6.42 Å². The number of rotatable bonds is 11. The molecule has 0 aliphatic rings. The summed E-state index contributed by atoms with van der Waals surface area (Å²) >= 11 is 4.02. The molecule has 0 unspecified atom stereocenters. The Morgan fingerprint density at radius 3 is 2.27 bits per heavy atom. The molecule has 0 aliphatic carbocycles. The molecule has 0 spiro atoms. The van der Waals surface area contributed by atoms with Crippen molar-refractivity contribution in [3.8, 4) is 0 Å². The largest absolute Gasteiger partial charge is 0.480 e. The maximum absolute atomic E-state index is 12.5. The lowest BCUT2D eigenvalue weighted by Gasteiger charge is -2.22. The van der Waals surface area contributed by atoms with Crippen LogP contribution in [-0.4, -0.2) is 40.7 Å². The van der Waals surface area contributed by atoms with Crippen LogP contribution >= 0.6 is 12.6 Å². The van der Waals surface area contributed by atoms with Crippen molar-refractivity contribution >= 4 is 30.4 Å². The summed E-state index contributed by atoms with van der Waals surface area (Å²) in [4.78, 5) is 35.9. The third kappa shape index (κ3) is 8.38. The molecule has 0 radical (unpaired) electrons. The third-order valence-corrected chi connectivity index (χ3v) is 4.13. The van der Waals surface area contributed by atoms with Crippen LogP contribution in [0.25, 0.3) is 0 Å². The molecular weight excluding hydrogens is 352 g/mol. The number of hydrogen-bond donors (Lipinski definition) is 4. The van der Waals surface area contributed by atoms with Crippen LogP contribution in [0.5, 0.6) is 0 Å². The van der Waals surface area contributed by atoms with Gasteiger partial charge in [-0.1, -0.05) is 44.2 Å². The van der Waals surface area contributed by atoms with Gasteiger partial charge in [-0.15, -0.1) is 0 Å². The number of carboxylic acid groups (broad SMARTS) is 1. The number of thiol groups is 1. The first-order chi connectivity index (χ1) is 12.3.